The largest absolute Gasteiger partial charge is 0.390 e. The van der Waals surface area contributed by atoms with Gasteiger partial charge in [-0.05, 0) is 62.0 Å². The number of allylic oxidation sites excluding steroid dienone is 4. The van der Waals surface area contributed by atoms with Gasteiger partial charge in [0.1, 0.15) is 6.17 Å². The van der Waals surface area contributed by atoms with Crippen LogP contribution in [0.2, 0.25) is 0 Å². The van der Waals surface area contributed by atoms with Crippen molar-refractivity contribution in [3.63, 3.8) is 0 Å². The van der Waals surface area contributed by atoms with Crippen LogP contribution in [0, 0.1) is 45.3 Å². The summed E-state index contributed by atoms with van der Waals surface area (Å²) < 4.78 is 46.1. The lowest BCUT2D eigenvalue weighted by molar-refractivity contribution is -0.232. The highest BCUT2D eigenvalue weighted by Crippen LogP contribution is 2.73. The van der Waals surface area contributed by atoms with E-state index in [9.17, 15) is 25.2 Å². The van der Waals surface area contributed by atoms with Gasteiger partial charge in [0, 0.05) is 22.3 Å². The molecule has 0 radical (unpaired) electrons. The monoisotopic (exact) mass is 566 g/mol. The number of nitrogens with zero attached hydrogens (tertiary/aromatic N) is 2. The van der Waals surface area contributed by atoms with Crippen molar-refractivity contribution in [2.24, 2.45) is 22.7 Å². The van der Waals surface area contributed by atoms with Crippen LogP contribution in [0.5, 0.6) is 0 Å². The number of ketones is 1. The van der Waals surface area contributed by atoms with E-state index in [2.05, 4.69) is 6.07 Å². The van der Waals surface area contributed by atoms with Crippen LogP contribution in [0.4, 0.5) is 8.78 Å². The SMILES string of the molecule is C[C@]12C=CC(=O)C=C1[C@@H](F)C[C@H]1[C@@H]3C[C@H]4OC(c5cccc(C#N)c5)O[C@@]4(C(=O)SCC#N)[C@@]3(C)C[C@H](O)[C@@]12F. The molecule has 1 heterocycles. The molecular weight excluding hydrogens is 538 g/mol. The number of benzene rings is 1. The first kappa shape index (κ1) is 27.3. The Morgan fingerprint density at radius 1 is 1.25 bits per heavy atom. The number of fused-ring (bicyclic) bond motifs is 7. The molecular formula is C30H28F2N2O5S. The second kappa shape index (κ2) is 9.06. The Bertz CT molecular complexity index is 1450. The molecule has 1 unspecified atom stereocenters. The van der Waals surface area contributed by atoms with Crippen LogP contribution < -0.4 is 0 Å². The lowest BCUT2D eigenvalue weighted by Gasteiger charge is -2.63. The Balaban J connectivity index is 1.45. The van der Waals surface area contributed by atoms with Gasteiger partial charge >= 0.3 is 0 Å². The Kier molecular flexibility index (Phi) is 6.18. The first-order valence-electron chi connectivity index (χ1n) is 13.3. The highest BCUT2D eigenvalue weighted by Gasteiger charge is 2.80. The Morgan fingerprint density at radius 3 is 2.75 bits per heavy atom. The van der Waals surface area contributed by atoms with Crippen molar-refractivity contribution in [3.05, 3.63) is 59.2 Å². The van der Waals surface area contributed by atoms with Crippen LogP contribution in [0.25, 0.3) is 0 Å². The summed E-state index contributed by atoms with van der Waals surface area (Å²) in [6.07, 6.45) is -1.58. The van der Waals surface area contributed by atoms with E-state index < -0.39 is 69.5 Å². The van der Waals surface area contributed by atoms with Gasteiger partial charge in [-0.15, -0.1) is 0 Å². The third kappa shape index (κ3) is 3.31. The minimum atomic E-state index is -2.30. The average Bonchev–Trinajstić information content (AvgIpc) is 3.44. The molecule has 10 heteroatoms. The fourth-order valence-electron chi connectivity index (χ4n) is 8.41. The van der Waals surface area contributed by atoms with Gasteiger partial charge in [0.15, 0.2) is 23.3 Å². The third-order valence-corrected chi connectivity index (χ3v) is 11.1. The van der Waals surface area contributed by atoms with Crippen molar-refractivity contribution in [2.45, 2.75) is 69.0 Å². The number of carbonyl (C=O) groups is 2. The van der Waals surface area contributed by atoms with E-state index in [0.29, 0.717) is 11.1 Å². The molecule has 0 bridgehead atoms. The van der Waals surface area contributed by atoms with Gasteiger partial charge in [0.2, 0.25) is 5.12 Å². The molecule has 10 atom stereocenters. The topological polar surface area (TPSA) is 120 Å². The maximum atomic E-state index is 17.5. The van der Waals surface area contributed by atoms with Gasteiger partial charge in [-0.1, -0.05) is 36.9 Å². The maximum Gasteiger partial charge on any atom is 0.225 e. The Hall–Kier alpha value is -2.89. The van der Waals surface area contributed by atoms with E-state index in [-0.39, 0.29) is 30.6 Å². The van der Waals surface area contributed by atoms with Crippen LogP contribution in [0.15, 0.2) is 48.1 Å². The molecule has 0 amide bonds. The number of hydrogen-bond acceptors (Lipinski definition) is 8. The zero-order chi connectivity index (χ0) is 28.7. The van der Waals surface area contributed by atoms with Crippen molar-refractivity contribution in [1.82, 2.24) is 0 Å². The summed E-state index contributed by atoms with van der Waals surface area (Å²) >= 11 is 0.783. The van der Waals surface area contributed by atoms with Crippen LogP contribution in [0.1, 0.15) is 50.5 Å². The van der Waals surface area contributed by atoms with E-state index in [1.165, 1.54) is 19.1 Å². The molecule has 6 rings (SSSR count). The summed E-state index contributed by atoms with van der Waals surface area (Å²) in [4.78, 5) is 26.0. The van der Waals surface area contributed by atoms with Crippen LogP contribution in [-0.2, 0) is 19.1 Å². The molecule has 4 fully saturated rings. The molecule has 1 aromatic rings. The number of alkyl halides is 2. The standard InChI is InChI=1S/C30H28F2N2O5S/c1-27-7-6-18(35)11-21(27)22(31)12-20-19-13-24-30(26(37)40-9-8-33,28(19,2)14-23(36)29(20,27)32)39-25(38-24)17-5-3-4-16(10-17)15-34/h3-7,10-11,19-20,22-25,36H,9,12-14H2,1-2H3/t19-,20-,22-,23-,24+,25?,27-,28-,29-,30-/m0/s1. The average molecular weight is 567 g/mol. The number of nitriles is 2. The predicted octanol–water partition coefficient (Wildman–Crippen LogP) is 4.42. The molecule has 4 aliphatic carbocycles. The molecule has 1 saturated heterocycles. The van der Waals surface area contributed by atoms with Crippen molar-refractivity contribution in [3.8, 4) is 12.1 Å². The molecule has 208 valence electrons. The zero-order valence-corrected chi connectivity index (χ0v) is 22.8. The molecule has 40 heavy (non-hydrogen) atoms. The normalized spacial score (nSPS) is 44.9. The van der Waals surface area contributed by atoms with E-state index in [0.717, 1.165) is 17.8 Å². The fourth-order valence-corrected chi connectivity index (χ4v) is 9.23. The van der Waals surface area contributed by atoms with E-state index >= 15 is 8.78 Å². The minimum Gasteiger partial charge on any atom is -0.390 e. The Morgan fingerprint density at radius 2 is 2.02 bits per heavy atom. The first-order chi connectivity index (χ1) is 19.0. The van der Waals surface area contributed by atoms with Crippen molar-refractivity contribution in [2.75, 3.05) is 5.75 Å². The van der Waals surface area contributed by atoms with Crippen molar-refractivity contribution in [1.29, 1.82) is 10.5 Å². The highest BCUT2D eigenvalue weighted by atomic mass is 32.2. The van der Waals surface area contributed by atoms with Gasteiger partial charge in [-0.25, -0.2) is 8.78 Å². The fraction of sp³-hybridized carbons (Fsp3) is 0.533. The van der Waals surface area contributed by atoms with E-state index in [4.69, 9.17) is 9.47 Å². The number of aliphatic hydroxyl groups is 1. The molecule has 1 aliphatic heterocycles. The summed E-state index contributed by atoms with van der Waals surface area (Å²) in [5.74, 6) is -2.16. The minimum absolute atomic E-state index is 0.0277. The van der Waals surface area contributed by atoms with E-state index in [1.54, 1.807) is 31.2 Å². The van der Waals surface area contributed by atoms with Crippen LogP contribution in [0.3, 0.4) is 0 Å². The molecule has 5 aliphatic rings. The second-order valence-corrected chi connectivity index (χ2v) is 12.8. The summed E-state index contributed by atoms with van der Waals surface area (Å²) in [7, 11) is 0. The summed E-state index contributed by atoms with van der Waals surface area (Å²) in [5.41, 5.74) is -5.71. The zero-order valence-electron chi connectivity index (χ0n) is 22.0. The Labute approximate surface area is 234 Å². The van der Waals surface area contributed by atoms with Crippen molar-refractivity contribution >= 4 is 22.7 Å². The van der Waals surface area contributed by atoms with Gasteiger partial charge < -0.3 is 14.6 Å². The summed E-state index contributed by atoms with van der Waals surface area (Å²) in [5, 5.41) is 29.7. The number of carbonyl (C=O) groups excluding carboxylic acids is 2. The number of rotatable bonds is 3. The second-order valence-electron chi connectivity index (χ2n) is 11.9. The van der Waals surface area contributed by atoms with Crippen molar-refractivity contribution < 1.29 is 33.0 Å². The first-order valence-corrected chi connectivity index (χ1v) is 14.3. The van der Waals surface area contributed by atoms with Gasteiger partial charge in [-0.3, -0.25) is 9.59 Å². The third-order valence-electron chi connectivity index (χ3n) is 10.2. The number of halogens is 2. The summed E-state index contributed by atoms with van der Waals surface area (Å²) in [6, 6.07) is 10.7. The summed E-state index contributed by atoms with van der Waals surface area (Å²) in [6.45, 7) is 3.29. The van der Waals surface area contributed by atoms with E-state index in [1.807, 2.05) is 6.07 Å². The molecule has 1 N–H and O–H groups in total. The number of aliphatic hydroxyl groups excluding tert-OH is 1. The maximum absolute atomic E-state index is 17.5. The quantitative estimate of drug-likeness (QED) is 0.571. The number of thioether (sulfide) groups is 1. The van der Waals surface area contributed by atoms with Gasteiger partial charge in [-0.2, -0.15) is 10.5 Å². The smallest absolute Gasteiger partial charge is 0.225 e. The van der Waals surface area contributed by atoms with Gasteiger partial charge in [0.25, 0.3) is 0 Å². The molecule has 7 nitrogen and oxygen atoms in total. The lowest BCUT2D eigenvalue weighted by atomic mass is 9.44. The van der Waals surface area contributed by atoms with Crippen LogP contribution in [-0.4, -0.2) is 51.4 Å². The number of hydrogen-bond donors (Lipinski definition) is 1. The molecule has 1 aromatic carbocycles. The lowest BCUT2D eigenvalue weighted by Crippen LogP contribution is -2.70. The highest BCUT2D eigenvalue weighted by molar-refractivity contribution is 8.14. The molecule has 0 spiro atoms. The van der Waals surface area contributed by atoms with Gasteiger partial charge in [0.05, 0.1) is 35.7 Å². The molecule has 3 saturated carbocycles. The van der Waals surface area contributed by atoms with Crippen LogP contribution >= 0.6 is 11.8 Å². The predicted molar refractivity (Wildman–Crippen MR) is 140 cm³/mol. The number of ether oxygens (including phenoxy) is 2. The molecule has 0 aromatic heterocycles.